The van der Waals surface area contributed by atoms with E-state index in [1.165, 1.54) is 10.9 Å². The summed E-state index contributed by atoms with van der Waals surface area (Å²) in [6, 6.07) is 7.27. The number of carbonyl (C=O) groups is 1. The number of carbonyl (C=O) groups excluding carboxylic acids is 1. The molecule has 0 saturated carbocycles. The average Bonchev–Trinajstić information content (AvgIpc) is 3.27. The number of rotatable bonds is 7. The van der Waals surface area contributed by atoms with E-state index in [4.69, 9.17) is 10.5 Å². The van der Waals surface area contributed by atoms with Gasteiger partial charge in [0.25, 0.3) is 5.91 Å². The maximum absolute atomic E-state index is 12.6. The summed E-state index contributed by atoms with van der Waals surface area (Å²) < 4.78 is 11.1. The summed E-state index contributed by atoms with van der Waals surface area (Å²) >= 11 is 0. The van der Waals surface area contributed by atoms with E-state index in [1.807, 2.05) is 37.2 Å². The molecule has 0 bridgehead atoms. The minimum absolute atomic E-state index is 0.0334. The average molecular weight is 385 g/mol. The van der Waals surface area contributed by atoms with Crippen molar-refractivity contribution in [2.75, 3.05) is 26.9 Å². The van der Waals surface area contributed by atoms with Crippen LogP contribution in [0, 0.1) is 0 Å². The zero-order valence-corrected chi connectivity index (χ0v) is 15.5. The summed E-state index contributed by atoms with van der Waals surface area (Å²) in [7, 11) is 5.23. The Hall–Kier alpha value is -3.80. The van der Waals surface area contributed by atoms with E-state index in [2.05, 4.69) is 35.8 Å². The Bertz CT molecular complexity index is 993. The number of ether oxygens (including phenoxy) is 1. The molecule has 0 aliphatic heterocycles. The van der Waals surface area contributed by atoms with E-state index >= 15 is 0 Å². The molecule has 0 fully saturated rings. The number of amides is 1. The number of nitrogen functional groups attached to an aromatic ring is 1. The molecule has 0 saturated heterocycles. The molecule has 3 rings (SSSR count). The van der Waals surface area contributed by atoms with Crippen molar-refractivity contribution in [3.63, 3.8) is 0 Å². The summed E-state index contributed by atoms with van der Waals surface area (Å²) in [6.07, 6.45) is 1.48. The summed E-state index contributed by atoms with van der Waals surface area (Å²) in [5, 5.41) is 19.1. The molecule has 12 nitrogen and oxygen atoms in total. The molecule has 2 heterocycles. The van der Waals surface area contributed by atoms with Crippen LogP contribution in [0.2, 0.25) is 0 Å². The fraction of sp³-hybridized carbons (Fsp3) is 0.250. The first kappa shape index (κ1) is 19.0. The molecule has 0 unspecified atom stereocenters. The molecule has 146 valence electrons. The number of anilines is 1. The maximum Gasteiger partial charge on any atom is 0.293 e. The lowest BCUT2D eigenvalue weighted by Gasteiger charge is -2.11. The number of hydrazone groups is 1. The lowest BCUT2D eigenvalue weighted by atomic mass is 10.2. The van der Waals surface area contributed by atoms with Crippen LogP contribution >= 0.6 is 0 Å². The van der Waals surface area contributed by atoms with Crippen LogP contribution in [0.4, 0.5) is 5.82 Å². The van der Waals surface area contributed by atoms with E-state index in [0.717, 1.165) is 0 Å². The van der Waals surface area contributed by atoms with Crippen LogP contribution in [0.15, 0.2) is 34.0 Å². The standard InChI is InChI=1S/C16H19N9O3/c1-24(2)9-11-13(19-23-25(11)15-14(17)21-28-22-15)16(26)20-18-8-10-6-4-5-7-12(10)27-3/h4-8H,9H2,1-3H3,(H2,17,21)(H,20,26)/b18-8+. The van der Waals surface area contributed by atoms with Gasteiger partial charge in [0.05, 0.1) is 19.0 Å². The number of hydrogen-bond acceptors (Lipinski definition) is 10. The Morgan fingerprint density at radius 3 is 2.86 bits per heavy atom. The highest BCUT2D eigenvalue weighted by Gasteiger charge is 2.24. The van der Waals surface area contributed by atoms with Crippen molar-refractivity contribution in [1.29, 1.82) is 0 Å². The zero-order chi connectivity index (χ0) is 20.1. The highest BCUT2D eigenvalue weighted by molar-refractivity contribution is 5.94. The minimum atomic E-state index is -0.538. The summed E-state index contributed by atoms with van der Waals surface area (Å²) in [5.74, 6) is 0.282. The Kier molecular flexibility index (Phi) is 5.60. The number of methoxy groups -OCH3 is 1. The molecule has 0 aliphatic rings. The Morgan fingerprint density at radius 1 is 1.39 bits per heavy atom. The van der Waals surface area contributed by atoms with Gasteiger partial charge < -0.3 is 15.4 Å². The van der Waals surface area contributed by atoms with Gasteiger partial charge in [0.1, 0.15) is 5.75 Å². The quantitative estimate of drug-likeness (QED) is 0.425. The largest absolute Gasteiger partial charge is 0.496 e. The van der Waals surface area contributed by atoms with E-state index in [-0.39, 0.29) is 17.3 Å². The van der Waals surface area contributed by atoms with Crippen molar-refractivity contribution in [2.45, 2.75) is 6.54 Å². The molecule has 0 spiro atoms. The number of hydrogen-bond donors (Lipinski definition) is 2. The number of benzene rings is 1. The van der Waals surface area contributed by atoms with Gasteiger partial charge in [0, 0.05) is 12.1 Å². The number of nitrogens with two attached hydrogens (primary N) is 1. The van der Waals surface area contributed by atoms with Gasteiger partial charge in [-0.25, -0.2) is 10.1 Å². The van der Waals surface area contributed by atoms with Gasteiger partial charge in [0.15, 0.2) is 5.69 Å². The third kappa shape index (κ3) is 3.96. The Balaban J connectivity index is 1.84. The molecular formula is C16H19N9O3. The lowest BCUT2D eigenvalue weighted by Crippen LogP contribution is -2.23. The monoisotopic (exact) mass is 385 g/mol. The van der Waals surface area contributed by atoms with Gasteiger partial charge in [-0.2, -0.15) is 9.78 Å². The van der Waals surface area contributed by atoms with Crippen molar-refractivity contribution >= 4 is 17.9 Å². The van der Waals surface area contributed by atoms with Crippen molar-refractivity contribution in [3.8, 4) is 11.6 Å². The van der Waals surface area contributed by atoms with Crippen molar-refractivity contribution in [3.05, 3.63) is 41.2 Å². The second-order valence-electron chi connectivity index (χ2n) is 5.95. The van der Waals surface area contributed by atoms with Crippen molar-refractivity contribution in [1.82, 2.24) is 35.6 Å². The third-order valence-corrected chi connectivity index (χ3v) is 3.65. The van der Waals surface area contributed by atoms with Crippen molar-refractivity contribution < 1.29 is 14.2 Å². The van der Waals surface area contributed by atoms with Gasteiger partial charge in [-0.15, -0.1) is 5.10 Å². The molecule has 3 aromatic rings. The maximum atomic E-state index is 12.6. The normalized spacial score (nSPS) is 11.3. The topological polar surface area (TPSA) is 150 Å². The first-order valence-electron chi connectivity index (χ1n) is 8.15. The lowest BCUT2D eigenvalue weighted by molar-refractivity contribution is 0.0948. The zero-order valence-electron chi connectivity index (χ0n) is 15.5. The first-order chi connectivity index (χ1) is 13.5. The fourth-order valence-electron chi connectivity index (χ4n) is 2.41. The van der Waals surface area contributed by atoms with Crippen LogP contribution < -0.4 is 15.9 Å². The van der Waals surface area contributed by atoms with E-state index in [9.17, 15) is 4.79 Å². The molecule has 2 aromatic heterocycles. The Labute approximate surface area is 159 Å². The molecule has 0 aliphatic carbocycles. The number of para-hydroxylation sites is 1. The number of nitrogens with zero attached hydrogens (tertiary/aromatic N) is 7. The van der Waals surface area contributed by atoms with Crippen LogP contribution in [0.3, 0.4) is 0 Å². The van der Waals surface area contributed by atoms with Crippen molar-refractivity contribution in [2.24, 2.45) is 5.10 Å². The highest BCUT2D eigenvalue weighted by atomic mass is 16.6. The van der Waals surface area contributed by atoms with Crippen LogP contribution in [0.25, 0.3) is 5.82 Å². The van der Waals surface area contributed by atoms with E-state index < -0.39 is 5.91 Å². The van der Waals surface area contributed by atoms with Crippen LogP contribution in [-0.4, -0.2) is 63.5 Å². The number of nitrogens with one attached hydrogen (secondary N) is 1. The van der Waals surface area contributed by atoms with Crippen LogP contribution in [0.5, 0.6) is 5.75 Å². The molecule has 12 heteroatoms. The summed E-state index contributed by atoms with van der Waals surface area (Å²) in [4.78, 5) is 14.4. The number of aromatic nitrogens is 5. The SMILES string of the molecule is COc1ccccc1/C=N/NC(=O)c1nnn(-c2nonc2N)c1CN(C)C. The van der Waals surface area contributed by atoms with Gasteiger partial charge in [0.2, 0.25) is 11.6 Å². The third-order valence-electron chi connectivity index (χ3n) is 3.65. The predicted molar refractivity (Wildman–Crippen MR) is 99.1 cm³/mol. The fourth-order valence-corrected chi connectivity index (χ4v) is 2.41. The molecule has 3 N–H and O–H groups in total. The molecule has 1 aromatic carbocycles. The van der Waals surface area contributed by atoms with Crippen LogP contribution in [0.1, 0.15) is 21.7 Å². The minimum Gasteiger partial charge on any atom is -0.496 e. The van der Waals surface area contributed by atoms with Gasteiger partial charge in [-0.05, 0) is 36.5 Å². The predicted octanol–water partition coefficient (Wildman–Crippen LogP) is 0.0666. The second-order valence-corrected chi connectivity index (χ2v) is 5.95. The van der Waals surface area contributed by atoms with Crippen LogP contribution in [-0.2, 0) is 6.54 Å². The summed E-state index contributed by atoms with van der Waals surface area (Å²) in [5.41, 5.74) is 9.40. The second kappa shape index (κ2) is 8.26. The summed E-state index contributed by atoms with van der Waals surface area (Å²) in [6.45, 7) is 0.346. The van der Waals surface area contributed by atoms with Gasteiger partial charge in [-0.3, -0.25) is 4.79 Å². The first-order valence-corrected chi connectivity index (χ1v) is 8.15. The van der Waals surface area contributed by atoms with Gasteiger partial charge in [-0.1, -0.05) is 17.3 Å². The molecule has 1 amide bonds. The Morgan fingerprint density at radius 2 is 2.18 bits per heavy atom. The van der Waals surface area contributed by atoms with Gasteiger partial charge >= 0.3 is 0 Å². The smallest absolute Gasteiger partial charge is 0.293 e. The molecule has 0 atom stereocenters. The molecule has 28 heavy (non-hydrogen) atoms. The van der Waals surface area contributed by atoms with E-state index in [0.29, 0.717) is 23.6 Å². The molecular weight excluding hydrogens is 366 g/mol. The van der Waals surface area contributed by atoms with E-state index in [1.54, 1.807) is 13.2 Å². The molecule has 0 radical (unpaired) electrons. The highest BCUT2D eigenvalue weighted by Crippen LogP contribution is 2.17.